The molecule has 1 aliphatic carbocycles. The van der Waals surface area contributed by atoms with E-state index in [1.165, 1.54) is 39.5 Å². The predicted molar refractivity (Wildman–Crippen MR) is 116 cm³/mol. The summed E-state index contributed by atoms with van der Waals surface area (Å²) in [7, 11) is 2.03. The van der Waals surface area contributed by atoms with Crippen molar-refractivity contribution in [3.8, 4) is 17.2 Å². The van der Waals surface area contributed by atoms with Gasteiger partial charge < -0.3 is 19.5 Å². The monoisotopic (exact) mass is 448 g/mol. The van der Waals surface area contributed by atoms with Gasteiger partial charge in [-0.05, 0) is 54.7 Å². The molecule has 2 aromatic carbocycles. The number of fused-ring (bicyclic) bond motifs is 1. The van der Waals surface area contributed by atoms with Crippen LogP contribution in [-0.2, 0) is 21.2 Å². The van der Waals surface area contributed by atoms with Gasteiger partial charge in [-0.15, -0.1) is 0 Å². The van der Waals surface area contributed by atoms with Gasteiger partial charge in [0.2, 0.25) is 15.9 Å². The number of carbonyl (C=O) groups excluding carboxylic acids is 1. The number of hydrogen-bond acceptors (Lipinski definition) is 6. The van der Waals surface area contributed by atoms with Crippen LogP contribution in [0.3, 0.4) is 0 Å². The quantitative estimate of drug-likeness (QED) is 0.667. The molecule has 0 fully saturated rings. The molecule has 3 rings (SSSR count). The summed E-state index contributed by atoms with van der Waals surface area (Å²) in [5, 5.41) is 2.98. The molecule has 31 heavy (non-hydrogen) atoms. The molecular weight excluding hydrogens is 420 g/mol. The molecule has 0 aromatic heterocycles. The van der Waals surface area contributed by atoms with Crippen molar-refractivity contribution in [1.29, 1.82) is 0 Å². The van der Waals surface area contributed by atoms with Gasteiger partial charge in [-0.2, -0.15) is 4.31 Å². The standard InChI is InChI=1S/C22H28N2O6S/c1-24(31(26,27)17-9-11-20(29-3)21(13-17)30-4)14-22(25)23-19-7-5-6-15-12-16(28-2)8-10-18(15)19/h8-13,19H,5-7,14H2,1-4H3,(H,23,25)/t19-/m0/s1. The third-order valence-electron chi connectivity index (χ3n) is 5.43. The van der Waals surface area contributed by atoms with Gasteiger partial charge in [0.05, 0.1) is 38.8 Å². The van der Waals surface area contributed by atoms with Crippen LogP contribution in [0, 0.1) is 0 Å². The van der Waals surface area contributed by atoms with Gasteiger partial charge in [0, 0.05) is 13.1 Å². The molecule has 1 atom stereocenters. The Morgan fingerprint density at radius 2 is 1.81 bits per heavy atom. The van der Waals surface area contributed by atoms with E-state index in [9.17, 15) is 13.2 Å². The Morgan fingerprint density at radius 3 is 2.48 bits per heavy atom. The number of likely N-dealkylation sites (N-methyl/N-ethyl adjacent to an activating group) is 1. The van der Waals surface area contributed by atoms with Crippen LogP contribution in [0.2, 0.25) is 0 Å². The number of benzene rings is 2. The Hall–Kier alpha value is -2.78. The summed E-state index contributed by atoms with van der Waals surface area (Å²) in [4.78, 5) is 12.7. The van der Waals surface area contributed by atoms with Gasteiger partial charge in [-0.1, -0.05) is 6.07 Å². The second-order valence-electron chi connectivity index (χ2n) is 7.35. The highest BCUT2D eigenvalue weighted by Gasteiger charge is 2.27. The summed E-state index contributed by atoms with van der Waals surface area (Å²) < 4.78 is 42.5. The maximum atomic E-state index is 12.9. The third-order valence-corrected chi connectivity index (χ3v) is 7.23. The Kier molecular flexibility index (Phi) is 7.07. The first-order valence-electron chi connectivity index (χ1n) is 9.94. The SMILES string of the molecule is COc1ccc2c(c1)CCC[C@@H]2NC(=O)CN(C)S(=O)(=O)c1ccc(OC)c(OC)c1. The van der Waals surface area contributed by atoms with E-state index in [1.807, 2.05) is 18.2 Å². The summed E-state index contributed by atoms with van der Waals surface area (Å²) >= 11 is 0. The lowest BCUT2D eigenvalue weighted by atomic mass is 9.87. The van der Waals surface area contributed by atoms with E-state index in [0.717, 1.165) is 40.4 Å². The summed E-state index contributed by atoms with van der Waals surface area (Å²) in [5.41, 5.74) is 2.19. The van der Waals surface area contributed by atoms with Gasteiger partial charge in [0.1, 0.15) is 5.75 Å². The maximum absolute atomic E-state index is 12.9. The normalized spacial score (nSPS) is 15.8. The van der Waals surface area contributed by atoms with Crippen LogP contribution in [0.4, 0.5) is 0 Å². The number of nitrogens with zero attached hydrogens (tertiary/aromatic N) is 1. The summed E-state index contributed by atoms with van der Waals surface area (Å²) in [6.07, 6.45) is 2.66. The molecule has 2 aromatic rings. The van der Waals surface area contributed by atoms with Crippen molar-refractivity contribution in [2.45, 2.75) is 30.2 Å². The van der Waals surface area contributed by atoms with Crippen LogP contribution in [0.15, 0.2) is 41.3 Å². The largest absolute Gasteiger partial charge is 0.497 e. The van der Waals surface area contributed by atoms with Gasteiger partial charge >= 0.3 is 0 Å². The smallest absolute Gasteiger partial charge is 0.243 e. The number of rotatable bonds is 8. The number of hydrogen-bond donors (Lipinski definition) is 1. The molecule has 8 nitrogen and oxygen atoms in total. The Bertz CT molecular complexity index is 1050. The number of sulfonamides is 1. The summed E-state index contributed by atoms with van der Waals surface area (Å²) in [5.74, 6) is 1.15. The lowest BCUT2D eigenvalue weighted by Gasteiger charge is -2.27. The molecule has 0 aliphatic heterocycles. The summed E-state index contributed by atoms with van der Waals surface area (Å²) in [6, 6.07) is 10.00. The zero-order chi connectivity index (χ0) is 22.6. The molecule has 1 aliphatic rings. The molecule has 0 heterocycles. The lowest BCUT2D eigenvalue weighted by Crippen LogP contribution is -2.40. The number of ether oxygens (including phenoxy) is 3. The summed E-state index contributed by atoms with van der Waals surface area (Å²) in [6.45, 7) is -0.293. The fraction of sp³-hybridized carbons (Fsp3) is 0.409. The molecule has 0 radical (unpaired) electrons. The van der Waals surface area contributed by atoms with Crippen molar-refractivity contribution in [1.82, 2.24) is 9.62 Å². The van der Waals surface area contributed by atoms with Crippen LogP contribution in [-0.4, -0.2) is 53.6 Å². The van der Waals surface area contributed by atoms with E-state index in [4.69, 9.17) is 14.2 Å². The number of aryl methyl sites for hydroxylation is 1. The molecule has 0 saturated carbocycles. The second kappa shape index (κ2) is 9.57. The third kappa shape index (κ3) is 4.94. The maximum Gasteiger partial charge on any atom is 0.243 e. The molecule has 0 saturated heterocycles. The van der Waals surface area contributed by atoms with Gasteiger partial charge in [-0.25, -0.2) is 8.42 Å². The number of methoxy groups -OCH3 is 3. The Morgan fingerprint density at radius 1 is 1.06 bits per heavy atom. The molecular formula is C22H28N2O6S. The first kappa shape index (κ1) is 22.9. The van der Waals surface area contributed by atoms with Gasteiger partial charge in [0.25, 0.3) is 0 Å². The molecule has 1 N–H and O–H groups in total. The minimum atomic E-state index is -3.88. The zero-order valence-corrected chi connectivity index (χ0v) is 19.0. The fourth-order valence-corrected chi connectivity index (χ4v) is 4.89. The van der Waals surface area contributed by atoms with E-state index in [2.05, 4.69) is 5.32 Å². The van der Waals surface area contributed by atoms with E-state index in [-0.39, 0.29) is 23.4 Å². The molecule has 0 bridgehead atoms. The van der Waals surface area contributed by atoms with Crippen LogP contribution < -0.4 is 19.5 Å². The molecule has 1 amide bonds. The molecule has 0 unspecified atom stereocenters. The van der Waals surface area contributed by atoms with E-state index in [0.29, 0.717) is 11.5 Å². The highest BCUT2D eigenvalue weighted by Crippen LogP contribution is 2.33. The van der Waals surface area contributed by atoms with Crippen molar-refractivity contribution >= 4 is 15.9 Å². The number of carbonyl (C=O) groups is 1. The number of nitrogens with one attached hydrogen (secondary N) is 1. The molecule has 9 heteroatoms. The van der Waals surface area contributed by atoms with E-state index >= 15 is 0 Å². The highest BCUT2D eigenvalue weighted by atomic mass is 32.2. The minimum absolute atomic E-state index is 0.0237. The van der Waals surface area contributed by atoms with Crippen molar-refractivity contribution in [3.05, 3.63) is 47.5 Å². The Balaban J connectivity index is 1.71. The molecule has 168 valence electrons. The number of amides is 1. The van der Waals surface area contributed by atoms with Crippen molar-refractivity contribution in [3.63, 3.8) is 0 Å². The first-order chi connectivity index (χ1) is 14.8. The average molecular weight is 449 g/mol. The predicted octanol–water partition coefficient (Wildman–Crippen LogP) is 2.53. The lowest BCUT2D eigenvalue weighted by molar-refractivity contribution is -0.122. The van der Waals surface area contributed by atoms with Crippen LogP contribution in [0.5, 0.6) is 17.2 Å². The Labute approximate surface area is 183 Å². The highest BCUT2D eigenvalue weighted by molar-refractivity contribution is 7.89. The van der Waals surface area contributed by atoms with Crippen LogP contribution in [0.25, 0.3) is 0 Å². The average Bonchev–Trinajstić information content (AvgIpc) is 2.78. The second-order valence-corrected chi connectivity index (χ2v) is 9.40. The van der Waals surface area contributed by atoms with E-state index < -0.39 is 10.0 Å². The van der Waals surface area contributed by atoms with Crippen molar-refractivity contribution in [2.24, 2.45) is 0 Å². The topological polar surface area (TPSA) is 94.2 Å². The van der Waals surface area contributed by atoms with E-state index in [1.54, 1.807) is 7.11 Å². The van der Waals surface area contributed by atoms with Crippen molar-refractivity contribution < 1.29 is 27.4 Å². The van der Waals surface area contributed by atoms with Crippen molar-refractivity contribution in [2.75, 3.05) is 34.9 Å². The van der Waals surface area contributed by atoms with Crippen LogP contribution in [0.1, 0.15) is 30.0 Å². The van der Waals surface area contributed by atoms with Gasteiger partial charge in [-0.3, -0.25) is 4.79 Å². The van der Waals surface area contributed by atoms with Gasteiger partial charge in [0.15, 0.2) is 11.5 Å². The minimum Gasteiger partial charge on any atom is -0.497 e. The van der Waals surface area contributed by atoms with Crippen LogP contribution >= 0.6 is 0 Å². The first-order valence-corrected chi connectivity index (χ1v) is 11.4. The fourth-order valence-electron chi connectivity index (χ4n) is 3.75. The zero-order valence-electron chi connectivity index (χ0n) is 18.2. The molecule has 0 spiro atoms.